The predicted octanol–water partition coefficient (Wildman–Crippen LogP) is 0.696. The highest BCUT2D eigenvalue weighted by Gasteiger charge is 2.26. The lowest BCUT2D eigenvalue weighted by molar-refractivity contribution is 0.0706. The van der Waals surface area contributed by atoms with Crippen molar-refractivity contribution in [2.45, 2.75) is 38.3 Å². The molecule has 2 fully saturated rings. The zero-order valence-corrected chi connectivity index (χ0v) is 13.1. The van der Waals surface area contributed by atoms with Gasteiger partial charge in [-0.2, -0.15) is 0 Å². The summed E-state index contributed by atoms with van der Waals surface area (Å²) >= 11 is 0. The lowest BCUT2D eigenvalue weighted by Crippen LogP contribution is -2.56. The van der Waals surface area contributed by atoms with E-state index in [9.17, 15) is 0 Å². The van der Waals surface area contributed by atoms with Crippen molar-refractivity contribution in [1.29, 1.82) is 0 Å². The molecule has 1 N–H and O–H groups in total. The van der Waals surface area contributed by atoms with Crippen LogP contribution in [-0.2, 0) is 0 Å². The van der Waals surface area contributed by atoms with Crippen molar-refractivity contribution in [3.8, 4) is 0 Å². The Balaban J connectivity index is 1.77. The normalized spacial score (nSPS) is 31.7. The van der Waals surface area contributed by atoms with Crippen LogP contribution in [0.2, 0.25) is 0 Å². The van der Waals surface area contributed by atoms with Crippen LogP contribution in [0, 0.1) is 0 Å². The van der Waals surface area contributed by atoms with Crippen molar-refractivity contribution < 1.29 is 0 Å². The Kier molecular flexibility index (Phi) is 6.07. The molecule has 4 nitrogen and oxygen atoms in total. The Morgan fingerprint density at radius 2 is 1.95 bits per heavy atom. The minimum atomic E-state index is 0.712. The molecule has 19 heavy (non-hydrogen) atoms. The molecule has 2 aliphatic rings. The maximum Gasteiger partial charge on any atom is 0.0347 e. The second-order valence-corrected chi connectivity index (χ2v) is 6.45. The standard InChI is InChI=1S/C15H32N4/c1-4-7-16-14-6-5-8-19(11-14)13-15-12-17(2)9-10-18(15)3/h14-16H,4-13H2,1-3H3. The molecule has 2 rings (SSSR count). The number of hydrogen-bond donors (Lipinski definition) is 1. The van der Waals surface area contributed by atoms with Crippen LogP contribution in [0.4, 0.5) is 0 Å². The molecule has 0 saturated carbocycles. The lowest BCUT2D eigenvalue weighted by Gasteiger charge is -2.42. The smallest absolute Gasteiger partial charge is 0.0347 e. The molecule has 0 aromatic carbocycles. The van der Waals surface area contributed by atoms with Gasteiger partial charge in [-0.25, -0.2) is 0 Å². The fourth-order valence-corrected chi connectivity index (χ4v) is 3.33. The van der Waals surface area contributed by atoms with E-state index >= 15 is 0 Å². The van der Waals surface area contributed by atoms with Crippen LogP contribution in [0.25, 0.3) is 0 Å². The third-order valence-corrected chi connectivity index (χ3v) is 4.64. The number of piperidine rings is 1. The summed E-state index contributed by atoms with van der Waals surface area (Å²) in [6, 6.07) is 1.43. The summed E-state index contributed by atoms with van der Waals surface area (Å²) in [4.78, 5) is 7.70. The van der Waals surface area contributed by atoms with Crippen molar-refractivity contribution in [3.63, 3.8) is 0 Å². The minimum Gasteiger partial charge on any atom is -0.313 e. The molecule has 0 radical (unpaired) electrons. The summed E-state index contributed by atoms with van der Waals surface area (Å²) < 4.78 is 0. The molecule has 0 aromatic heterocycles. The van der Waals surface area contributed by atoms with Crippen LogP contribution >= 0.6 is 0 Å². The molecule has 0 aromatic rings. The number of hydrogen-bond acceptors (Lipinski definition) is 4. The van der Waals surface area contributed by atoms with Crippen molar-refractivity contribution in [1.82, 2.24) is 20.0 Å². The molecule has 4 heteroatoms. The van der Waals surface area contributed by atoms with Gasteiger partial charge in [0.05, 0.1) is 0 Å². The third kappa shape index (κ3) is 4.71. The molecule has 0 aliphatic carbocycles. The molecule has 0 spiro atoms. The molecule has 2 heterocycles. The Labute approximate surface area is 119 Å². The molecule has 112 valence electrons. The van der Waals surface area contributed by atoms with Gasteiger partial charge < -0.3 is 15.1 Å². The highest BCUT2D eigenvalue weighted by Crippen LogP contribution is 2.14. The quantitative estimate of drug-likeness (QED) is 0.792. The zero-order chi connectivity index (χ0) is 13.7. The highest BCUT2D eigenvalue weighted by molar-refractivity contribution is 4.85. The number of nitrogens with one attached hydrogen (secondary N) is 1. The summed E-state index contributed by atoms with van der Waals surface area (Å²) in [7, 11) is 4.54. The number of piperazine rings is 1. The van der Waals surface area contributed by atoms with Gasteiger partial charge in [-0.1, -0.05) is 6.92 Å². The molecule has 2 saturated heterocycles. The molecule has 0 amide bonds. The van der Waals surface area contributed by atoms with Gasteiger partial charge in [-0.3, -0.25) is 4.90 Å². The fourth-order valence-electron chi connectivity index (χ4n) is 3.33. The third-order valence-electron chi connectivity index (χ3n) is 4.64. The average Bonchev–Trinajstić information content (AvgIpc) is 2.41. The van der Waals surface area contributed by atoms with Crippen LogP contribution in [0.15, 0.2) is 0 Å². The SMILES string of the molecule is CCCNC1CCCN(CC2CN(C)CCN2C)C1. The highest BCUT2D eigenvalue weighted by atomic mass is 15.3. The van der Waals surface area contributed by atoms with Crippen LogP contribution in [0.3, 0.4) is 0 Å². The van der Waals surface area contributed by atoms with E-state index in [0.29, 0.717) is 6.04 Å². The Hall–Kier alpha value is -0.160. The van der Waals surface area contributed by atoms with E-state index < -0.39 is 0 Å². The van der Waals surface area contributed by atoms with E-state index in [2.05, 4.69) is 41.0 Å². The second-order valence-electron chi connectivity index (χ2n) is 6.45. The number of likely N-dealkylation sites (tertiary alicyclic amines) is 1. The van der Waals surface area contributed by atoms with Crippen LogP contribution in [0.5, 0.6) is 0 Å². The molecular formula is C15H32N4. The monoisotopic (exact) mass is 268 g/mol. The average molecular weight is 268 g/mol. The number of rotatable bonds is 5. The van der Waals surface area contributed by atoms with Crippen LogP contribution < -0.4 is 5.32 Å². The first kappa shape index (κ1) is 15.2. The van der Waals surface area contributed by atoms with Gasteiger partial charge in [0.15, 0.2) is 0 Å². The van der Waals surface area contributed by atoms with Gasteiger partial charge in [0.2, 0.25) is 0 Å². The van der Waals surface area contributed by atoms with E-state index in [-0.39, 0.29) is 0 Å². The zero-order valence-electron chi connectivity index (χ0n) is 13.1. The Bertz CT molecular complexity index is 259. The maximum absolute atomic E-state index is 3.69. The summed E-state index contributed by atoms with van der Waals surface area (Å²) in [5.41, 5.74) is 0. The lowest BCUT2D eigenvalue weighted by atomic mass is 10.0. The van der Waals surface area contributed by atoms with Crippen molar-refractivity contribution >= 4 is 0 Å². The fraction of sp³-hybridized carbons (Fsp3) is 1.00. The molecule has 2 atom stereocenters. The Morgan fingerprint density at radius 3 is 2.74 bits per heavy atom. The van der Waals surface area contributed by atoms with Crippen LogP contribution in [-0.4, -0.2) is 86.7 Å². The van der Waals surface area contributed by atoms with Crippen molar-refractivity contribution in [2.24, 2.45) is 0 Å². The topological polar surface area (TPSA) is 21.8 Å². The molecule has 2 aliphatic heterocycles. The first-order valence-electron chi connectivity index (χ1n) is 8.03. The molecular weight excluding hydrogens is 236 g/mol. The number of likely N-dealkylation sites (N-methyl/N-ethyl adjacent to an activating group) is 2. The van der Waals surface area contributed by atoms with Crippen molar-refractivity contribution in [2.75, 3.05) is 59.9 Å². The second kappa shape index (κ2) is 7.58. The first-order chi connectivity index (χ1) is 9.19. The van der Waals surface area contributed by atoms with E-state index in [1.54, 1.807) is 0 Å². The first-order valence-corrected chi connectivity index (χ1v) is 8.03. The summed E-state index contributed by atoms with van der Waals surface area (Å²) in [5.74, 6) is 0. The van der Waals surface area contributed by atoms with Gasteiger partial charge in [-0.15, -0.1) is 0 Å². The largest absolute Gasteiger partial charge is 0.313 e. The van der Waals surface area contributed by atoms with Gasteiger partial charge >= 0.3 is 0 Å². The molecule has 2 unspecified atom stereocenters. The van der Waals surface area contributed by atoms with Crippen molar-refractivity contribution in [3.05, 3.63) is 0 Å². The van der Waals surface area contributed by atoms with Gasteiger partial charge in [0, 0.05) is 44.8 Å². The van der Waals surface area contributed by atoms with Gasteiger partial charge in [0.1, 0.15) is 0 Å². The van der Waals surface area contributed by atoms with E-state index in [1.807, 2.05) is 0 Å². The van der Waals surface area contributed by atoms with E-state index in [4.69, 9.17) is 0 Å². The maximum atomic E-state index is 3.69. The predicted molar refractivity (Wildman–Crippen MR) is 81.7 cm³/mol. The minimum absolute atomic E-state index is 0.712. The summed E-state index contributed by atoms with van der Waals surface area (Å²) in [5, 5.41) is 3.69. The molecule has 0 bridgehead atoms. The van der Waals surface area contributed by atoms with Gasteiger partial charge in [-0.05, 0) is 46.4 Å². The Morgan fingerprint density at radius 1 is 1.11 bits per heavy atom. The van der Waals surface area contributed by atoms with E-state index in [1.165, 1.54) is 65.1 Å². The van der Waals surface area contributed by atoms with Crippen LogP contribution in [0.1, 0.15) is 26.2 Å². The number of nitrogens with zero attached hydrogens (tertiary/aromatic N) is 3. The summed E-state index contributed by atoms with van der Waals surface area (Å²) in [6.45, 7) is 10.9. The summed E-state index contributed by atoms with van der Waals surface area (Å²) in [6.07, 6.45) is 3.96. The van der Waals surface area contributed by atoms with Gasteiger partial charge in [0.25, 0.3) is 0 Å². The van der Waals surface area contributed by atoms with E-state index in [0.717, 1.165) is 6.04 Å².